The Kier molecular flexibility index (Phi) is 5.79. The Bertz CT molecular complexity index is 1440. The Morgan fingerprint density at radius 2 is 1.94 bits per heavy atom. The van der Waals surface area contributed by atoms with E-state index in [4.69, 9.17) is 0 Å². The van der Waals surface area contributed by atoms with Gasteiger partial charge < -0.3 is 14.4 Å². The van der Waals surface area contributed by atoms with E-state index in [-0.39, 0.29) is 35.3 Å². The summed E-state index contributed by atoms with van der Waals surface area (Å²) in [6.07, 6.45) is -2.84. The monoisotopic (exact) mass is 496 g/mol. The lowest BCUT2D eigenvalue weighted by Gasteiger charge is -2.48. The second kappa shape index (κ2) is 8.71. The number of alkyl halides is 2. The molecule has 3 atom stereocenters. The van der Waals surface area contributed by atoms with Gasteiger partial charge in [-0.25, -0.2) is 9.78 Å². The molecule has 0 saturated carbocycles. The zero-order valence-corrected chi connectivity index (χ0v) is 20.4. The third-order valence-electron chi connectivity index (χ3n) is 7.08. The Morgan fingerprint density at radius 1 is 1.19 bits per heavy atom. The first-order valence-electron chi connectivity index (χ1n) is 11.8. The Balaban J connectivity index is 1.47. The smallest absolute Gasteiger partial charge is 0.395 e. The van der Waals surface area contributed by atoms with Crippen LogP contribution in [0.2, 0.25) is 0 Å². The van der Waals surface area contributed by atoms with Crippen LogP contribution in [0.4, 0.5) is 14.6 Å². The summed E-state index contributed by atoms with van der Waals surface area (Å²) in [5.74, 6) is 0.516. The molecule has 0 spiro atoms. The van der Waals surface area contributed by atoms with Gasteiger partial charge in [-0.1, -0.05) is 13.0 Å². The molecule has 3 aromatic rings. The van der Waals surface area contributed by atoms with E-state index in [1.807, 2.05) is 13.8 Å². The fraction of sp³-hybridized carbons (Fsp3) is 0.440. The first-order valence-corrected chi connectivity index (χ1v) is 11.8. The molecule has 5 rings (SSSR count). The third kappa shape index (κ3) is 4.01. The number of rotatable bonds is 4. The second-order valence-corrected chi connectivity index (χ2v) is 9.26. The highest BCUT2D eigenvalue weighted by molar-refractivity contribution is 5.86. The van der Waals surface area contributed by atoms with Crippen molar-refractivity contribution in [3.63, 3.8) is 0 Å². The largest absolute Gasteiger partial charge is 0.586 e. The van der Waals surface area contributed by atoms with Gasteiger partial charge >= 0.3 is 12.0 Å². The lowest BCUT2D eigenvalue weighted by molar-refractivity contribution is -0.286. The first kappa shape index (κ1) is 23.9. The number of hydrogen-bond donors (Lipinski definition) is 0. The molecule has 188 valence electrons. The van der Waals surface area contributed by atoms with Crippen molar-refractivity contribution in [2.24, 2.45) is 7.05 Å². The molecule has 11 heteroatoms. The summed E-state index contributed by atoms with van der Waals surface area (Å²) in [6.45, 7) is 7.39. The van der Waals surface area contributed by atoms with Crippen LogP contribution in [0.1, 0.15) is 44.5 Å². The van der Waals surface area contributed by atoms with Crippen LogP contribution in [-0.2, 0) is 7.05 Å². The average molecular weight is 497 g/mol. The van der Waals surface area contributed by atoms with Gasteiger partial charge in [0.2, 0.25) is 0 Å². The van der Waals surface area contributed by atoms with Crippen LogP contribution in [-0.4, -0.2) is 50.9 Å². The Morgan fingerprint density at radius 3 is 2.67 bits per heavy atom. The number of hydrogen-bond acceptors (Lipinski definition) is 8. The van der Waals surface area contributed by atoms with Gasteiger partial charge in [-0.05, 0) is 50.1 Å². The number of ether oxygens (including phenoxy) is 2. The Hall–Kier alpha value is -3.78. The van der Waals surface area contributed by atoms with Crippen molar-refractivity contribution in [1.29, 1.82) is 5.26 Å². The maximum Gasteiger partial charge on any atom is 0.586 e. The van der Waals surface area contributed by atoms with Crippen LogP contribution in [0.3, 0.4) is 0 Å². The predicted octanol–water partition coefficient (Wildman–Crippen LogP) is 3.57. The van der Waals surface area contributed by atoms with E-state index < -0.39 is 12.0 Å². The number of pyridine rings is 1. The van der Waals surface area contributed by atoms with Crippen molar-refractivity contribution in [2.45, 2.75) is 51.6 Å². The molecular formula is C25H26F2N6O3. The predicted molar refractivity (Wildman–Crippen MR) is 128 cm³/mol. The number of nitrogens with zero attached hydrogens (tertiary/aromatic N) is 6. The maximum atomic E-state index is 13.5. The average Bonchev–Trinajstić information content (AvgIpc) is 3.18. The number of halogens is 2. The van der Waals surface area contributed by atoms with Crippen LogP contribution >= 0.6 is 0 Å². The molecule has 0 aliphatic carbocycles. The van der Waals surface area contributed by atoms with Crippen molar-refractivity contribution in [3.05, 3.63) is 52.1 Å². The third-order valence-corrected chi connectivity index (χ3v) is 7.08. The zero-order valence-electron chi connectivity index (χ0n) is 20.4. The molecule has 0 radical (unpaired) electrons. The summed E-state index contributed by atoms with van der Waals surface area (Å²) in [5, 5.41) is 9.37. The summed E-state index contributed by atoms with van der Waals surface area (Å²) in [6, 6.07) is 10.2. The fourth-order valence-electron chi connectivity index (χ4n) is 5.09. The van der Waals surface area contributed by atoms with Crippen LogP contribution in [0, 0.1) is 11.3 Å². The van der Waals surface area contributed by atoms with Gasteiger partial charge in [0, 0.05) is 38.3 Å². The van der Waals surface area contributed by atoms with E-state index in [0.29, 0.717) is 29.9 Å². The molecule has 1 aromatic carbocycles. The highest BCUT2D eigenvalue weighted by Gasteiger charge is 2.44. The van der Waals surface area contributed by atoms with E-state index in [9.17, 15) is 18.8 Å². The van der Waals surface area contributed by atoms with Crippen molar-refractivity contribution >= 4 is 16.9 Å². The molecule has 1 unspecified atom stereocenters. The molecule has 2 aliphatic heterocycles. The molecule has 4 heterocycles. The van der Waals surface area contributed by atoms with Gasteiger partial charge in [0.15, 0.2) is 17.3 Å². The molecule has 0 N–H and O–H groups in total. The SMILES string of the molecule is CC[C@@H]1CN(c2nc(=O)n(C)c3ccc(C#N)nc23)[C@@H](C)CN1C(C)c1ccc2c(c1)OC(F)(F)O2. The van der Waals surface area contributed by atoms with Gasteiger partial charge in [0.25, 0.3) is 0 Å². The molecule has 0 amide bonds. The number of benzene rings is 1. The molecule has 1 saturated heterocycles. The molecule has 2 aromatic heterocycles. The van der Waals surface area contributed by atoms with Crippen LogP contribution in [0.15, 0.2) is 35.1 Å². The van der Waals surface area contributed by atoms with Crippen molar-refractivity contribution in [1.82, 2.24) is 19.4 Å². The molecular weight excluding hydrogens is 470 g/mol. The van der Waals surface area contributed by atoms with E-state index in [2.05, 4.69) is 42.2 Å². The minimum Gasteiger partial charge on any atom is -0.395 e. The maximum absolute atomic E-state index is 13.5. The summed E-state index contributed by atoms with van der Waals surface area (Å²) >= 11 is 0. The molecule has 9 nitrogen and oxygen atoms in total. The topological polar surface area (TPSA) is 96.5 Å². The summed E-state index contributed by atoms with van der Waals surface area (Å²) in [5.41, 5.74) is 1.82. The normalized spacial score (nSPS) is 22.0. The van der Waals surface area contributed by atoms with Crippen LogP contribution in [0.25, 0.3) is 11.0 Å². The van der Waals surface area contributed by atoms with E-state index >= 15 is 0 Å². The number of aromatic nitrogens is 3. The highest BCUT2D eigenvalue weighted by atomic mass is 19.3. The minimum atomic E-state index is -3.65. The van der Waals surface area contributed by atoms with Crippen molar-refractivity contribution in [2.75, 3.05) is 18.0 Å². The van der Waals surface area contributed by atoms with Crippen LogP contribution in [0.5, 0.6) is 11.5 Å². The summed E-state index contributed by atoms with van der Waals surface area (Å²) < 4.78 is 37.6. The van der Waals surface area contributed by atoms with Gasteiger partial charge in [0.1, 0.15) is 17.3 Å². The lowest BCUT2D eigenvalue weighted by Crippen LogP contribution is -2.58. The molecule has 1 fully saturated rings. The van der Waals surface area contributed by atoms with E-state index in [1.54, 1.807) is 31.3 Å². The number of nitriles is 1. The van der Waals surface area contributed by atoms with Gasteiger partial charge in [-0.2, -0.15) is 10.2 Å². The Labute approximate surface area is 206 Å². The first-order chi connectivity index (χ1) is 17.1. The second-order valence-electron chi connectivity index (χ2n) is 9.26. The van der Waals surface area contributed by atoms with Gasteiger partial charge in [-0.15, -0.1) is 8.78 Å². The zero-order chi connectivity index (χ0) is 25.8. The molecule has 0 bridgehead atoms. The molecule has 36 heavy (non-hydrogen) atoms. The quantitative estimate of drug-likeness (QED) is 0.541. The van der Waals surface area contributed by atoms with Gasteiger partial charge in [-0.3, -0.25) is 9.47 Å². The number of fused-ring (bicyclic) bond motifs is 2. The van der Waals surface area contributed by atoms with Crippen molar-refractivity contribution in [3.8, 4) is 17.6 Å². The number of aryl methyl sites for hydroxylation is 1. The van der Waals surface area contributed by atoms with Crippen LogP contribution < -0.4 is 20.1 Å². The summed E-state index contributed by atoms with van der Waals surface area (Å²) in [4.78, 5) is 25.9. The van der Waals surface area contributed by atoms with E-state index in [1.165, 1.54) is 10.6 Å². The molecule has 2 aliphatic rings. The number of anilines is 1. The highest BCUT2D eigenvalue weighted by Crippen LogP contribution is 2.43. The lowest BCUT2D eigenvalue weighted by atomic mass is 9.98. The number of piperazine rings is 1. The van der Waals surface area contributed by atoms with Crippen molar-refractivity contribution < 1.29 is 18.3 Å². The summed E-state index contributed by atoms with van der Waals surface area (Å²) in [7, 11) is 1.63. The fourth-order valence-corrected chi connectivity index (χ4v) is 5.09. The van der Waals surface area contributed by atoms with E-state index in [0.717, 1.165) is 12.0 Å². The minimum absolute atomic E-state index is 0.0222. The van der Waals surface area contributed by atoms with Gasteiger partial charge in [0.05, 0.1) is 5.52 Å². The standard InChI is InChI=1S/C25H26F2N6O3/c1-5-18-13-32(23-22-19(31(4)24(34)30-23)8-7-17(11-28)29-22)14(2)12-33(18)15(3)16-6-9-20-21(10-16)36-25(26,27)35-20/h6-10,14-15,18H,5,12-13H2,1-4H3/t14-,15?,18+/m0/s1.